The molecule has 0 aliphatic heterocycles. The van der Waals surface area contributed by atoms with Crippen LogP contribution in [0.15, 0.2) is 0 Å². The molecular formula is C5H12NaO4. The molecule has 0 aliphatic rings. The van der Waals surface area contributed by atoms with Gasteiger partial charge in [0.1, 0.15) is 6.10 Å². The minimum atomic E-state index is -1.26. The van der Waals surface area contributed by atoms with Crippen LogP contribution in [0.5, 0.6) is 0 Å². The molecule has 4 nitrogen and oxygen atoms in total. The zero-order valence-electron chi connectivity index (χ0n) is 6.32. The molecule has 0 saturated carbocycles. The van der Waals surface area contributed by atoms with Gasteiger partial charge in [0.25, 0.3) is 0 Å². The number of ether oxygens (including phenoxy) is 1. The molecule has 57 valence electrons. The normalized spacial score (nSPS) is 15.6. The van der Waals surface area contributed by atoms with Gasteiger partial charge in [0, 0.05) is 36.2 Å². The minimum absolute atomic E-state index is 0. The minimum Gasteiger partial charge on any atom is -0.393 e. The summed E-state index contributed by atoms with van der Waals surface area (Å²) in [6.07, 6.45) is -2.45. The van der Waals surface area contributed by atoms with Crippen LogP contribution < -0.4 is 0 Å². The summed E-state index contributed by atoms with van der Waals surface area (Å²) in [4.78, 5) is 0. The van der Waals surface area contributed by atoms with Crippen molar-refractivity contribution in [1.29, 1.82) is 0 Å². The summed E-state index contributed by atoms with van der Waals surface area (Å²) in [5, 5.41) is 25.6. The first-order valence-electron chi connectivity index (χ1n) is 2.81. The smallest absolute Gasteiger partial charge is 0.183 e. The number of hydrogen-bond acceptors (Lipinski definition) is 4. The summed E-state index contributed by atoms with van der Waals surface area (Å²) in [6, 6.07) is 0. The van der Waals surface area contributed by atoms with Crippen LogP contribution in [0.25, 0.3) is 0 Å². The molecule has 0 aromatic heterocycles. The Labute approximate surface area is 82.1 Å². The predicted molar refractivity (Wildman–Crippen MR) is 36.5 cm³/mol. The molecule has 0 spiro atoms. The second-order valence-corrected chi connectivity index (χ2v) is 1.60. The molecule has 0 aliphatic carbocycles. The largest absolute Gasteiger partial charge is 0.393 e. The molecule has 3 N–H and O–H groups in total. The maximum absolute atomic E-state index is 8.69. The van der Waals surface area contributed by atoms with Crippen LogP contribution in [0.4, 0.5) is 0 Å². The third-order valence-corrected chi connectivity index (χ3v) is 0.854. The van der Waals surface area contributed by atoms with Crippen LogP contribution in [0.1, 0.15) is 6.92 Å². The van der Waals surface area contributed by atoms with Crippen molar-refractivity contribution in [2.24, 2.45) is 0 Å². The zero-order chi connectivity index (χ0) is 7.28. The maximum atomic E-state index is 8.69. The van der Waals surface area contributed by atoms with Crippen LogP contribution in [-0.2, 0) is 4.74 Å². The van der Waals surface area contributed by atoms with E-state index in [-0.39, 0.29) is 29.6 Å². The van der Waals surface area contributed by atoms with Crippen LogP contribution >= 0.6 is 0 Å². The van der Waals surface area contributed by atoms with Crippen LogP contribution in [-0.4, -0.2) is 70.5 Å². The van der Waals surface area contributed by atoms with E-state index in [9.17, 15) is 0 Å². The Morgan fingerprint density at radius 2 is 1.90 bits per heavy atom. The second-order valence-electron chi connectivity index (χ2n) is 1.60. The van der Waals surface area contributed by atoms with Gasteiger partial charge in [0.2, 0.25) is 0 Å². The van der Waals surface area contributed by atoms with E-state index in [1.54, 1.807) is 6.92 Å². The fourth-order valence-electron chi connectivity index (χ4n) is 0.372. The van der Waals surface area contributed by atoms with E-state index in [0.717, 1.165) is 0 Å². The summed E-state index contributed by atoms with van der Waals surface area (Å²) in [6.45, 7) is 1.52. The van der Waals surface area contributed by atoms with E-state index in [1.165, 1.54) is 0 Å². The summed E-state index contributed by atoms with van der Waals surface area (Å²) < 4.78 is 4.54. The summed E-state index contributed by atoms with van der Waals surface area (Å²) >= 11 is 0. The molecule has 0 rings (SSSR count). The van der Waals surface area contributed by atoms with E-state index in [0.29, 0.717) is 6.61 Å². The van der Waals surface area contributed by atoms with Crippen LogP contribution in [0.2, 0.25) is 0 Å². The molecule has 0 aromatic carbocycles. The van der Waals surface area contributed by atoms with E-state index < -0.39 is 19.0 Å². The molecule has 10 heavy (non-hydrogen) atoms. The quantitative estimate of drug-likeness (QED) is 0.338. The molecule has 2 unspecified atom stereocenters. The first-order valence-corrected chi connectivity index (χ1v) is 2.81. The van der Waals surface area contributed by atoms with Crippen molar-refractivity contribution in [2.75, 3.05) is 13.2 Å². The first kappa shape index (κ1) is 13.4. The molecule has 0 aromatic rings. The summed E-state index contributed by atoms with van der Waals surface area (Å²) in [7, 11) is 0. The van der Waals surface area contributed by atoms with Crippen molar-refractivity contribution in [2.45, 2.75) is 19.3 Å². The zero-order valence-corrected chi connectivity index (χ0v) is 8.32. The molecular weight excluding hydrogens is 147 g/mol. The van der Waals surface area contributed by atoms with Crippen molar-refractivity contribution in [3.8, 4) is 0 Å². The molecule has 0 amide bonds. The summed E-state index contributed by atoms with van der Waals surface area (Å²) in [5.41, 5.74) is 0. The topological polar surface area (TPSA) is 69.9 Å². The van der Waals surface area contributed by atoms with Crippen molar-refractivity contribution >= 4 is 29.6 Å². The van der Waals surface area contributed by atoms with Gasteiger partial charge in [0.15, 0.2) is 6.29 Å². The van der Waals surface area contributed by atoms with Gasteiger partial charge in [-0.15, -0.1) is 0 Å². The fourth-order valence-corrected chi connectivity index (χ4v) is 0.372. The van der Waals surface area contributed by atoms with Crippen LogP contribution in [0, 0.1) is 0 Å². The Balaban J connectivity index is 0. The van der Waals surface area contributed by atoms with Crippen molar-refractivity contribution in [1.82, 2.24) is 0 Å². The Kier molecular flexibility index (Phi) is 10.7. The Bertz CT molecular complexity index is 70.7. The molecule has 0 bridgehead atoms. The van der Waals surface area contributed by atoms with Gasteiger partial charge in [0.05, 0.1) is 6.61 Å². The molecule has 2 atom stereocenters. The standard InChI is InChI=1S/C5H12O4.Na/c1-2-9-5(8)4(7)3-6;/h4-8H,2-3H2,1H3;. The van der Waals surface area contributed by atoms with E-state index >= 15 is 0 Å². The maximum Gasteiger partial charge on any atom is 0.183 e. The second kappa shape index (κ2) is 7.94. The van der Waals surface area contributed by atoms with Gasteiger partial charge in [-0.05, 0) is 6.92 Å². The number of aliphatic hydroxyl groups excluding tert-OH is 3. The van der Waals surface area contributed by atoms with Crippen molar-refractivity contribution in [3.05, 3.63) is 0 Å². The SMILES string of the molecule is CCOC(O)C(O)CO.[Na]. The van der Waals surface area contributed by atoms with Gasteiger partial charge in [-0.1, -0.05) is 0 Å². The van der Waals surface area contributed by atoms with Crippen LogP contribution in [0.3, 0.4) is 0 Å². The molecule has 1 radical (unpaired) electrons. The molecule has 0 fully saturated rings. The number of aliphatic hydroxyl groups is 3. The number of rotatable bonds is 4. The third-order valence-electron chi connectivity index (χ3n) is 0.854. The van der Waals surface area contributed by atoms with Gasteiger partial charge >= 0.3 is 0 Å². The Morgan fingerprint density at radius 1 is 1.40 bits per heavy atom. The molecule has 0 saturated heterocycles. The van der Waals surface area contributed by atoms with Gasteiger partial charge in [-0.2, -0.15) is 0 Å². The van der Waals surface area contributed by atoms with E-state index in [4.69, 9.17) is 15.3 Å². The van der Waals surface area contributed by atoms with E-state index in [1.807, 2.05) is 0 Å². The van der Waals surface area contributed by atoms with Crippen molar-refractivity contribution < 1.29 is 20.1 Å². The monoisotopic (exact) mass is 159 g/mol. The average Bonchev–Trinajstić information content (AvgIpc) is 1.87. The van der Waals surface area contributed by atoms with Gasteiger partial charge in [-0.3, -0.25) is 0 Å². The number of hydrogen-bond donors (Lipinski definition) is 3. The predicted octanol–water partition coefficient (Wildman–Crippen LogP) is -1.69. The molecule has 5 heteroatoms. The first-order chi connectivity index (χ1) is 4.22. The Hall–Kier alpha value is 0.840. The molecule has 0 heterocycles. The fraction of sp³-hybridized carbons (Fsp3) is 1.00. The summed E-state index contributed by atoms with van der Waals surface area (Å²) in [5.74, 6) is 0. The van der Waals surface area contributed by atoms with Crippen molar-refractivity contribution in [3.63, 3.8) is 0 Å². The average molecular weight is 159 g/mol. The Morgan fingerprint density at radius 3 is 2.20 bits per heavy atom. The van der Waals surface area contributed by atoms with Gasteiger partial charge in [-0.25, -0.2) is 0 Å². The van der Waals surface area contributed by atoms with E-state index in [2.05, 4.69) is 4.74 Å². The third kappa shape index (κ3) is 5.61. The van der Waals surface area contributed by atoms with Gasteiger partial charge < -0.3 is 20.1 Å².